The lowest BCUT2D eigenvalue weighted by atomic mass is 10.1. The van der Waals surface area contributed by atoms with Gasteiger partial charge in [-0.25, -0.2) is 0 Å². The van der Waals surface area contributed by atoms with Gasteiger partial charge in [0.25, 0.3) is 0 Å². The molecule has 1 aromatic carbocycles. The predicted octanol–water partition coefficient (Wildman–Crippen LogP) is 2.01. The molecule has 0 aromatic heterocycles. The second-order valence-corrected chi connectivity index (χ2v) is 4.07. The van der Waals surface area contributed by atoms with E-state index in [2.05, 4.69) is 0 Å². The Kier molecular flexibility index (Phi) is 3.22. The summed E-state index contributed by atoms with van der Waals surface area (Å²) in [6, 6.07) is 3.78. The highest BCUT2D eigenvalue weighted by Crippen LogP contribution is 2.53. The van der Waals surface area contributed by atoms with E-state index in [4.69, 9.17) is 14.2 Å². The number of rotatable bonds is 5. The van der Waals surface area contributed by atoms with Crippen LogP contribution in [-0.2, 0) is 4.79 Å². The number of carbonyl (C=O) groups excluding carboxylic acids is 1. The Morgan fingerprint density at radius 2 is 1.82 bits per heavy atom. The van der Waals surface area contributed by atoms with Gasteiger partial charge in [0, 0.05) is 11.5 Å². The van der Waals surface area contributed by atoms with Crippen LogP contribution in [0.3, 0.4) is 0 Å². The van der Waals surface area contributed by atoms with Gasteiger partial charge in [0.15, 0.2) is 11.5 Å². The summed E-state index contributed by atoms with van der Waals surface area (Å²) >= 11 is 0. The van der Waals surface area contributed by atoms with Gasteiger partial charge in [-0.05, 0) is 18.4 Å². The molecule has 1 aliphatic rings. The number of benzene rings is 1. The van der Waals surface area contributed by atoms with E-state index >= 15 is 0 Å². The van der Waals surface area contributed by atoms with Crippen LogP contribution in [0.4, 0.5) is 0 Å². The Morgan fingerprint density at radius 3 is 2.29 bits per heavy atom. The lowest BCUT2D eigenvalue weighted by Gasteiger charge is -2.15. The smallest absolute Gasteiger partial charge is 0.203 e. The summed E-state index contributed by atoms with van der Waals surface area (Å²) in [5.41, 5.74) is 1.02. The monoisotopic (exact) mass is 236 g/mol. The van der Waals surface area contributed by atoms with Crippen LogP contribution in [0.1, 0.15) is 17.9 Å². The van der Waals surface area contributed by atoms with E-state index in [0.29, 0.717) is 17.2 Å². The summed E-state index contributed by atoms with van der Waals surface area (Å²) in [5.74, 6) is 2.26. The molecule has 2 rings (SSSR count). The summed E-state index contributed by atoms with van der Waals surface area (Å²) in [6.07, 6.45) is 1.89. The SMILES string of the molecule is COc1ccc([C@H]2C[C@@H]2C=O)c(OC)c1OC. The van der Waals surface area contributed by atoms with Crippen LogP contribution in [0.2, 0.25) is 0 Å². The Balaban J connectivity index is 2.43. The third-order valence-corrected chi connectivity index (χ3v) is 3.15. The fourth-order valence-corrected chi connectivity index (χ4v) is 2.14. The zero-order valence-corrected chi connectivity index (χ0v) is 10.2. The quantitative estimate of drug-likeness (QED) is 0.734. The van der Waals surface area contributed by atoms with Crippen molar-refractivity contribution >= 4 is 6.29 Å². The first-order valence-electron chi connectivity index (χ1n) is 5.51. The van der Waals surface area contributed by atoms with E-state index in [1.165, 1.54) is 0 Å². The molecule has 0 amide bonds. The standard InChI is InChI=1S/C13H16O4/c1-15-11-5-4-9(10-6-8(10)7-14)12(16-2)13(11)17-3/h4-5,7-8,10H,6H2,1-3H3/t8-,10+/m1/s1. The second kappa shape index (κ2) is 4.65. The molecule has 4 nitrogen and oxygen atoms in total. The molecule has 1 aliphatic carbocycles. The van der Waals surface area contributed by atoms with E-state index < -0.39 is 0 Å². The first-order valence-corrected chi connectivity index (χ1v) is 5.51. The number of methoxy groups -OCH3 is 3. The average molecular weight is 236 g/mol. The van der Waals surface area contributed by atoms with Gasteiger partial charge in [-0.15, -0.1) is 0 Å². The molecule has 0 N–H and O–H groups in total. The minimum Gasteiger partial charge on any atom is -0.493 e. The van der Waals surface area contributed by atoms with E-state index in [1.807, 2.05) is 12.1 Å². The van der Waals surface area contributed by atoms with Gasteiger partial charge < -0.3 is 19.0 Å². The van der Waals surface area contributed by atoms with E-state index in [9.17, 15) is 4.79 Å². The Morgan fingerprint density at radius 1 is 1.12 bits per heavy atom. The summed E-state index contributed by atoms with van der Waals surface area (Å²) in [7, 11) is 4.76. The average Bonchev–Trinajstić information content (AvgIpc) is 3.15. The molecule has 1 fully saturated rings. The summed E-state index contributed by atoms with van der Waals surface area (Å²) < 4.78 is 15.9. The van der Waals surface area contributed by atoms with Crippen molar-refractivity contribution in [2.24, 2.45) is 5.92 Å². The van der Waals surface area contributed by atoms with Crippen LogP contribution in [-0.4, -0.2) is 27.6 Å². The topological polar surface area (TPSA) is 44.8 Å². The van der Waals surface area contributed by atoms with Gasteiger partial charge in [0.1, 0.15) is 6.29 Å². The molecule has 0 saturated heterocycles. The maximum atomic E-state index is 10.7. The lowest BCUT2D eigenvalue weighted by Crippen LogP contribution is -1.98. The van der Waals surface area contributed by atoms with Crippen molar-refractivity contribution in [3.63, 3.8) is 0 Å². The summed E-state index contributed by atoms with van der Waals surface area (Å²) in [5, 5.41) is 0. The molecule has 17 heavy (non-hydrogen) atoms. The minimum atomic E-state index is 0.113. The first kappa shape index (κ1) is 11.8. The Bertz CT molecular complexity index is 428. The molecule has 0 heterocycles. The Hall–Kier alpha value is -1.71. The van der Waals surface area contributed by atoms with Crippen LogP contribution in [0.5, 0.6) is 17.2 Å². The predicted molar refractivity (Wildman–Crippen MR) is 63.0 cm³/mol. The van der Waals surface area contributed by atoms with Crippen molar-refractivity contribution in [2.75, 3.05) is 21.3 Å². The van der Waals surface area contributed by atoms with Crippen molar-refractivity contribution < 1.29 is 19.0 Å². The molecule has 92 valence electrons. The molecule has 0 bridgehead atoms. The van der Waals surface area contributed by atoms with Crippen molar-refractivity contribution in [1.29, 1.82) is 0 Å². The van der Waals surface area contributed by atoms with Gasteiger partial charge in [0.2, 0.25) is 5.75 Å². The molecule has 0 unspecified atom stereocenters. The maximum absolute atomic E-state index is 10.7. The van der Waals surface area contributed by atoms with Crippen molar-refractivity contribution in [2.45, 2.75) is 12.3 Å². The van der Waals surface area contributed by atoms with Gasteiger partial charge in [0.05, 0.1) is 21.3 Å². The zero-order valence-electron chi connectivity index (χ0n) is 10.2. The maximum Gasteiger partial charge on any atom is 0.203 e. The van der Waals surface area contributed by atoms with Crippen LogP contribution in [0, 0.1) is 5.92 Å². The number of aldehydes is 1. The minimum absolute atomic E-state index is 0.113. The largest absolute Gasteiger partial charge is 0.493 e. The molecular weight excluding hydrogens is 220 g/mol. The lowest BCUT2D eigenvalue weighted by molar-refractivity contribution is -0.108. The van der Waals surface area contributed by atoms with E-state index in [-0.39, 0.29) is 11.8 Å². The third kappa shape index (κ3) is 1.95. The first-order chi connectivity index (χ1) is 8.26. The zero-order chi connectivity index (χ0) is 12.4. The van der Waals surface area contributed by atoms with Crippen molar-refractivity contribution in [1.82, 2.24) is 0 Å². The summed E-state index contributed by atoms with van der Waals surface area (Å²) in [4.78, 5) is 10.7. The fraction of sp³-hybridized carbons (Fsp3) is 0.462. The third-order valence-electron chi connectivity index (χ3n) is 3.15. The highest BCUT2D eigenvalue weighted by atomic mass is 16.5. The van der Waals surface area contributed by atoms with Crippen LogP contribution >= 0.6 is 0 Å². The van der Waals surface area contributed by atoms with E-state index in [1.54, 1.807) is 21.3 Å². The molecule has 4 heteroatoms. The molecule has 1 saturated carbocycles. The number of carbonyl (C=O) groups is 1. The van der Waals surface area contributed by atoms with E-state index in [0.717, 1.165) is 18.3 Å². The van der Waals surface area contributed by atoms with Crippen molar-refractivity contribution in [3.8, 4) is 17.2 Å². The molecule has 2 atom stereocenters. The highest BCUT2D eigenvalue weighted by molar-refractivity contribution is 5.65. The van der Waals surface area contributed by atoms with Gasteiger partial charge in [-0.2, -0.15) is 0 Å². The molecule has 0 spiro atoms. The highest BCUT2D eigenvalue weighted by Gasteiger charge is 2.40. The number of hydrogen-bond donors (Lipinski definition) is 0. The molecule has 0 aliphatic heterocycles. The van der Waals surface area contributed by atoms with Gasteiger partial charge >= 0.3 is 0 Å². The normalized spacial score (nSPS) is 21.8. The molecule has 1 aromatic rings. The van der Waals surface area contributed by atoms with Gasteiger partial charge in [-0.3, -0.25) is 0 Å². The van der Waals surface area contributed by atoms with Crippen LogP contribution in [0.25, 0.3) is 0 Å². The molecule has 0 radical (unpaired) electrons. The fourth-order valence-electron chi connectivity index (χ4n) is 2.14. The summed E-state index contributed by atoms with van der Waals surface area (Å²) in [6.45, 7) is 0. The Labute approximate surface area is 100 Å². The van der Waals surface area contributed by atoms with Crippen molar-refractivity contribution in [3.05, 3.63) is 17.7 Å². The van der Waals surface area contributed by atoms with Crippen LogP contribution in [0.15, 0.2) is 12.1 Å². The number of ether oxygens (including phenoxy) is 3. The van der Waals surface area contributed by atoms with Gasteiger partial charge in [-0.1, -0.05) is 6.07 Å². The van der Waals surface area contributed by atoms with Crippen LogP contribution < -0.4 is 14.2 Å². The molecular formula is C13H16O4. The number of hydrogen-bond acceptors (Lipinski definition) is 4. The second-order valence-electron chi connectivity index (χ2n) is 4.07.